The Labute approximate surface area is 288 Å². The standard InChI is InChI=1S/C26H20N8O10S4/c35-17(27-29-21(37)13-5-1-3-7-15(13)33(41)42)9-11-31-23(39)19(47-25(31)45)20-24(40)32(26(46)48-20)12-10-18(36)28-30-22(38)14-6-2-4-8-16(14)34(43)44/h1-8H,9-12H2,(H,27,35)(H,28,36)(H,29,37)(H,30,38). The number of nitrogens with zero attached hydrogens (tertiary/aromatic N) is 4. The summed E-state index contributed by atoms with van der Waals surface area (Å²) in [7, 11) is 0. The first-order valence-corrected chi connectivity index (χ1v) is 15.7. The second-order valence-corrected chi connectivity index (χ2v) is 12.6. The SMILES string of the molecule is O=C(CCN1C(=O)C(=C2SC(=S)N(CCC(=O)NNC(=O)c3ccccc3[N+](=O)[O-])C2=O)SC1=S)NNC(=O)c1ccccc1[N+](=O)[O-]. The maximum atomic E-state index is 13.1. The first-order chi connectivity index (χ1) is 22.8. The number of para-hydroxylation sites is 2. The lowest BCUT2D eigenvalue weighted by Gasteiger charge is -2.15. The first kappa shape index (κ1) is 35.5. The molecule has 0 bridgehead atoms. The van der Waals surface area contributed by atoms with Crippen LogP contribution in [0.5, 0.6) is 0 Å². The summed E-state index contributed by atoms with van der Waals surface area (Å²) >= 11 is 12.1. The monoisotopic (exact) mass is 732 g/mol. The largest absolute Gasteiger partial charge is 0.292 e. The Morgan fingerprint density at radius 3 is 1.35 bits per heavy atom. The fourth-order valence-corrected chi connectivity index (χ4v) is 6.82. The summed E-state index contributed by atoms with van der Waals surface area (Å²) in [5, 5.41) is 22.3. The van der Waals surface area contributed by atoms with Crippen LogP contribution >= 0.6 is 48.0 Å². The van der Waals surface area contributed by atoms with Crippen molar-refractivity contribution in [2.24, 2.45) is 0 Å². The number of carbonyl (C=O) groups excluding carboxylic acids is 6. The molecule has 22 heteroatoms. The van der Waals surface area contributed by atoms with Crippen LogP contribution in [0.25, 0.3) is 0 Å². The molecule has 18 nitrogen and oxygen atoms in total. The highest BCUT2D eigenvalue weighted by atomic mass is 32.2. The van der Waals surface area contributed by atoms with Crippen LogP contribution in [0.3, 0.4) is 0 Å². The van der Waals surface area contributed by atoms with Gasteiger partial charge in [0.1, 0.15) is 19.8 Å². The average molecular weight is 733 g/mol. The number of hydrogen-bond donors (Lipinski definition) is 4. The molecule has 2 heterocycles. The summed E-state index contributed by atoms with van der Waals surface area (Å²) in [5.74, 6) is -4.67. The van der Waals surface area contributed by atoms with Crippen LogP contribution in [-0.2, 0) is 19.2 Å². The number of hydrazine groups is 2. The summed E-state index contributed by atoms with van der Waals surface area (Å²) < 4.78 is 0.0940. The molecule has 2 aliphatic rings. The van der Waals surface area contributed by atoms with Crippen LogP contribution in [0.4, 0.5) is 11.4 Å². The number of carbonyl (C=O) groups is 6. The lowest BCUT2D eigenvalue weighted by molar-refractivity contribution is -0.385. The van der Waals surface area contributed by atoms with E-state index in [1.807, 2.05) is 0 Å². The van der Waals surface area contributed by atoms with Crippen molar-refractivity contribution in [1.29, 1.82) is 0 Å². The van der Waals surface area contributed by atoms with Crippen LogP contribution in [0.1, 0.15) is 33.6 Å². The predicted octanol–water partition coefficient (Wildman–Crippen LogP) is 1.44. The number of thiocarbonyl (C=S) groups is 2. The van der Waals surface area contributed by atoms with Gasteiger partial charge in [0, 0.05) is 38.1 Å². The number of amides is 6. The van der Waals surface area contributed by atoms with Gasteiger partial charge >= 0.3 is 0 Å². The summed E-state index contributed by atoms with van der Waals surface area (Å²) in [6, 6.07) is 10.3. The molecule has 0 aliphatic carbocycles. The Balaban J connectivity index is 1.28. The van der Waals surface area contributed by atoms with Gasteiger partial charge in [-0.2, -0.15) is 0 Å². The maximum Gasteiger partial charge on any atom is 0.282 e. The van der Waals surface area contributed by atoms with Gasteiger partial charge < -0.3 is 0 Å². The average Bonchev–Trinajstić information content (AvgIpc) is 3.51. The van der Waals surface area contributed by atoms with E-state index >= 15 is 0 Å². The number of rotatable bonds is 10. The second-order valence-electron chi connectivity index (χ2n) is 9.36. The topological polar surface area (TPSA) is 243 Å². The number of nitro benzene ring substituents is 2. The molecule has 0 spiro atoms. The fraction of sp³-hybridized carbons (Fsp3) is 0.154. The normalized spacial score (nSPS) is 15.8. The Morgan fingerprint density at radius 1 is 0.646 bits per heavy atom. The van der Waals surface area contributed by atoms with E-state index in [9.17, 15) is 49.0 Å². The van der Waals surface area contributed by atoms with Crippen LogP contribution in [0, 0.1) is 20.2 Å². The molecule has 248 valence electrons. The molecule has 2 saturated heterocycles. The Morgan fingerprint density at radius 2 is 1.00 bits per heavy atom. The third-order valence-corrected chi connectivity index (χ3v) is 9.38. The molecular weight excluding hydrogens is 713 g/mol. The van der Waals surface area contributed by atoms with Gasteiger partial charge in [-0.1, -0.05) is 72.2 Å². The number of hydrogen-bond acceptors (Lipinski definition) is 14. The molecule has 2 aromatic rings. The van der Waals surface area contributed by atoms with Crippen LogP contribution in [0.2, 0.25) is 0 Å². The zero-order valence-corrected chi connectivity index (χ0v) is 27.2. The van der Waals surface area contributed by atoms with Crippen molar-refractivity contribution in [3.8, 4) is 0 Å². The summed E-state index contributed by atoms with van der Waals surface area (Å²) in [6.07, 6.45) is -0.664. The molecule has 0 saturated carbocycles. The number of nitro groups is 2. The number of thioether (sulfide) groups is 2. The smallest absolute Gasteiger partial charge is 0.282 e. The van der Waals surface area contributed by atoms with Crippen molar-refractivity contribution < 1.29 is 38.6 Å². The number of benzene rings is 2. The molecular formula is C26H20N8O10S4. The lowest BCUT2D eigenvalue weighted by atomic mass is 10.2. The van der Waals surface area contributed by atoms with Gasteiger partial charge in [0.25, 0.3) is 35.0 Å². The van der Waals surface area contributed by atoms with Gasteiger partial charge in [-0.15, -0.1) is 0 Å². The van der Waals surface area contributed by atoms with Crippen molar-refractivity contribution in [1.82, 2.24) is 31.5 Å². The summed E-state index contributed by atoms with van der Waals surface area (Å²) in [4.78, 5) is 98.5. The molecule has 2 aliphatic heterocycles. The molecule has 48 heavy (non-hydrogen) atoms. The summed E-state index contributed by atoms with van der Waals surface area (Å²) in [5.41, 5.74) is 6.90. The zero-order valence-electron chi connectivity index (χ0n) is 24.0. The molecule has 4 N–H and O–H groups in total. The third kappa shape index (κ3) is 8.14. The van der Waals surface area contributed by atoms with Crippen LogP contribution in [-0.4, -0.2) is 76.8 Å². The molecule has 0 aromatic heterocycles. The molecule has 0 unspecified atom stereocenters. The van der Waals surface area contributed by atoms with Gasteiger partial charge in [0.2, 0.25) is 11.8 Å². The highest BCUT2D eigenvalue weighted by Crippen LogP contribution is 2.42. The van der Waals surface area contributed by atoms with Crippen molar-refractivity contribution >= 4 is 103 Å². The van der Waals surface area contributed by atoms with E-state index in [2.05, 4.69) is 21.7 Å². The molecule has 2 aromatic carbocycles. The Hall–Kier alpha value is -5.32. The lowest BCUT2D eigenvalue weighted by Crippen LogP contribution is -2.43. The van der Waals surface area contributed by atoms with E-state index in [-0.39, 0.29) is 55.5 Å². The van der Waals surface area contributed by atoms with Gasteiger partial charge in [-0.05, 0) is 12.1 Å². The quantitative estimate of drug-likeness (QED) is 0.117. The van der Waals surface area contributed by atoms with Crippen molar-refractivity contribution in [3.05, 3.63) is 89.7 Å². The van der Waals surface area contributed by atoms with Crippen molar-refractivity contribution in [3.63, 3.8) is 0 Å². The van der Waals surface area contributed by atoms with E-state index in [1.54, 1.807) is 0 Å². The molecule has 0 radical (unpaired) electrons. The second kappa shape index (κ2) is 15.5. The minimum atomic E-state index is -0.927. The maximum absolute atomic E-state index is 13.1. The Kier molecular flexibility index (Phi) is 11.5. The van der Waals surface area contributed by atoms with Crippen LogP contribution in [0.15, 0.2) is 58.3 Å². The molecule has 4 rings (SSSR count). The predicted molar refractivity (Wildman–Crippen MR) is 177 cm³/mol. The molecule has 6 amide bonds. The van der Waals surface area contributed by atoms with E-state index < -0.39 is 56.7 Å². The highest BCUT2D eigenvalue weighted by molar-refractivity contribution is 8.29. The van der Waals surface area contributed by atoms with Gasteiger partial charge in [-0.25, -0.2) is 0 Å². The van der Waals surface area contributed by atoms with Crippen molar-refractivity contribution in [2.45, 2.75) is 12.8 Å². The highest BCUT2D eigenvalue weighted by Gasteiger charge is 2.42. The Bertz CT molecular complexity index is 1710. The zero-order chi connectivity index (χ0) is 35.1. The minimum absolute atomic E-state index is 0.0360. The van der Waals surface area contributed by atoms with Gasteiger partial charge in [-0.3, -0.25) is 80.5 Å². The summed E-state index contributed by atoms with van der Waals surface area (Å²) in [6.45, 7) is -0.445. The minimum Gasteiger partial charge on any atom is -0.292 e. The molecule has 0 atom stereocenters. The first-order valence-electron chi connectivity index (χ1n) is 13.3. The van der Waals surface area contributed by atoms with Crippen LogP contribution < -0.4 is 21.7 Å². The molecule has 2 fully saturated rings. The van der Waals surface area contributed by atoms with E-state index in [1.165, 1.54) is 36.4 Å². The third-order valence-electron chi connectivity index (χ3n) is 6.35. The van der Waals surface area contributed by atoms with Crippen molar-refractivity contribution in [2.75, 3.05) is 13.1 Å². The fourth-order valence-electron chi connectivity index (χ4n) is 4.04. The van der Waals surface area contributed by atoms with E-state index in [4.69, 9.17) is 24.4 Å². The van der Waals surface area contributed by atoms with E-state index in [0.717, 1.165) is 45.5 Å². The van der Waals surface area contributed by atoms with Gasteiger partial charge in [0.15, 0.2) is 0 Å². The van der Waals surface area contributed by atoms with E-state index in [0.29, 0.717) is 0 Å². The van der Waals surface area contributed by atoms with Gasteiger partial charge in [0.05, 0.1) is 19.7 Å². The number of nitrogens with one attached hydrogen (secondary N) is 4.